The molecule has 25 heavy (non-hydrogen) atoms. The molecule has 2 heterocycles. The van der Waals surface area contributed by atoms with E-state index < -0.39 is 0 Å². The van der Waals surface area contributed by atoms with E-state index >= 15 is 0 Å². The number of hydrogen-bond acceptors (Lipinski definition) is 4. The molecule has 0 spiro atoms. The van der Waals surface area contributed by atoms with Gasteiger partial charge in [-0.2, -0.15) is 0 Å². The highest BCUT2D eigenvalue weighted by molar-refractivity contribution is 5.96. The average molecular weight is 345 g/mol. The van der Waals surface area contributed by atoms with Crippen molar-refractivity contribution in [2.75, 3.05) is 26.7 Å². The van der Waals surface area contributed by atoms with E-state index in [4.69, 9.17) is 4.52 Å². The lowest BCUT2D eigenvalue weighted by atomic mass is 10.0. The smallest absolute Gasteiger partial charge is 0.259 e. The molecular formula is C19H24FN3O2. The van der Waals surface area contributed by atoms with Crippen LogP contribution in [0.2, 0.25) is 0 Å². The van der Waals surface area contributed by atoms with Gasteiger partial charge in [0.1, 0.15) is 11.4 Å². The highest BCUT2D eigenvalue weighted by atomic mass is 19.1. The number of benzene rings is 1. The highest BCUT2D eigenvalue weighted by Gasteiger charge is 2.32. The van der Waals surface area contributed by atoms with E-state index in [9.17, 15) is 9.18 Å². The van der Waals surface area contributed by atoms with E-state index in [1.165, 1.54) is 12.1 Å². The molecule has 1 saturated heterocycles. The van der Waals surface area contributed by atoms with Gasteiger partial charge >= 0.3 is 0 Å². The van der Waals surface area contributed by atoms with E-state index in [1.807, 2.05) is 25.8 Å². The molecule has 2 aromatic rings. The molecule has 1 unspecified atom stereocenters. The van der Waals surface area contributed by atoms with Crippen molar-refractivity contribution in [3.63, 3.8) is 0 Å². The Hall–Kier alpha value is -2.21. The van der Waals surface area contributed by atoms with Crippen LogP contribution in [0, 0.1) is 12.7 Å². The summed E-state index contributed by atoms with van der Waals surface area (Å²) < 4.78 is 18.6. The Balaban J connectivity index is 1.85. The van der Waals surface area contributed by atoms with E-state index in [0.29, 0.717) is 30.1 Å². The Bertz CT molecular complexity index is 755. The molecule has 1 aliphatic rings. The van der Waals surface area contributed by atoms with Crippen LogP contribution in [-0.2, 0) is 0 Å². The number of aromatic nitrogens is 1. The van der Waals surface area contributed by atoms with Gasteiger partial charge < -0.3 is 9.42 Å². The normalized spacial score (nSPS) is 18.8. The van der Waals surface area contributed by atoms with Crippen molar-refractivity contribution >= 4 is 5.91 Å². The monoisotopic (exact) mass is 345 g/mol. The van der Waals surface area contributed by atoms with Gasteiger partial charge in [-0.1, -0.05) is 31.1 Å². The van der Waals surface area contributed by atoms with Gasteiger partial charge in [0, 0.05) is 25.6 Å². The second-order valence-corrected chi connectivity index (χ2v) is 6.96. The van der Waals surface area contributed by atoms with Crippen LogP contribution in [0.15, 0.2) is 28.8 Å². The molecule has 1 aliphatic heterocycles. The van der Waals surface area contributed by atoms with E-state index in [0.717, 1.165) is 12.1 Å². The molecule has 6 heteroatoms. The number of rotatable bonds is 3. The third-order valence-electron chi connectivity index (χ3n) is 4.82. The summed E-state index contributed by atoms with van der Waals surface area (Å²) in [7, 11) is 2.03. The fraction of sp³-hybridized carbons (Fsp3) is 0.474. The number of carbonyl (C=O) groups is 1. The van der Waals surface area contributed by atoms with Crippen molar-refractivity contribution in [1.29, 1.82) is 0 Å². The Morgan fingerprint density at radius 3 is 2.60 bits per heavy atom. The second kappa shape index (κ2) is 6.96. The summed E-state index contributed by atoms with van der Waals surface area (Å²) in [6, 6.07) is 6.54. The number of aryl methyl sites for hydroxylation is 1. The predicted octanol–water partition coefficient (Wildman–Crippen LogP) is 3.37. The Morgan fingerprint density at radius 1 is 1.28 bits per heavy atom. The molecule has 0 aliphatic carbocycles. The van der Waals surface area contributed by atoms with Crippen molar-refractivity contribution in [2.24, 2.45) is 0 Å². The molecule has 1 amide bonds. The van der Waals surface area contributed by atoms with Gasteiger partial charge in [-0.3, -0.25) is 9.69 Å². The number of nitrogens with zero attached hydrogens (tertiary/aromatic N) is 3. The zero-order valence-corrected chi connectivity index (χ0v) is 15.1. The summed E-state index contributed by atoms with van der Waals surface area (Å²) in [5.74, 6) is 0.444. The molecule has 1 aromatic heterocycles. The molecule has 3 rings (SSSR count). The van der Waals surface area contributed by atoms with Crippen molar-refractivity contribution in [1.82, 2.24) is 15.0 Å². The first-order chi connectivity index (χ1) is 11.9. The number of halogens is 1. The summed E-state index contributed by atoms with van der Waals surface area (Å²) in [4.78, 5) is 17.1. The summed E-state index contributed by atoms with van der Waals surface area (Å²) in [5.41, 5.74) is 2.22. The molecule has 0 bridgehead atoms. The number of piperazine rings is 1. The second-order valence-electron chi connectivity index (χ2n) is 6.96. The van der Waals surface area contributed by atoms with Crippen LogP contribution >= 0.6 is 0 Å². The molecule has 0 saturated carbocycles. The first kappa shape index (κ1) is 17.6. The maximum Gasteiger partial charge on any atom is 0.259 e. The minimum absolute atomic E-state index is 0.0392. The lowest BCUT2D eigenvalue weighted by Gasteiger charge is -2.39. The van der Waals surface area contributed by atoms with Gasteiger partial charge in [0.15, 0.2) is 5.76 Å². The highest BCUT2D eigenvalue weighted by Crippen LogP contribution is 2.28. The predicted molar refractivity (Wildman–Crippen MR) is 93.0 cm³/mol. The lowest BCUT2D eigenvalue weighted by molar-refractivity contribution is 0.0543. The van der Waals surface area contributed by atoms with Crippen molar-refractivity contribution < 1.29 is 13.7 Å². The Morgan fingerprint density at radius 2 is 1.96 bits per heavy atom. The van der Waals surface area contributed by atoms with Gasteiger partial charge in [0.25, 0.3) is 5.91 Å². The fourth-order valence-electron chi connectivity index (χ4n) is 3.30. The van der Waals surface area contributed by atoms with Crippen molar-refractivity contribution in [3.8, 4) is 0 Å². The topological polar surface area (TPSA) is 49.6 Å². The van der Waals surface area contributed by atoms with Crippen LogP contribution in [0.4, 0.5) is 4.39 Å². The molecule has 5 nitrogen and oxygen atoms in total. The van der Waals surface area contributed by atoms with Gasteiger partial charge in [-0.05, 0) is 31.7 Å². The van der Waals surface area contributed by atoms with E-state index in [2.05, 4.69) is 10.1 Å². The van der Waals surface area contributed by atoms with Crippen molar-refractivity contribution in [3.05, 3.63) is 52.7 Å². The van der Waals surface area contributed by atoms with Crippen LogP contribution < -0.4 is 0 Å². The zero-order valence-electron chi connectivity index (χ0n) is 15.1. The van der Waals surface area contributed by atoms with Crippen LogP contribution in [-0.4, -0.2) is 47.5 Å². The minimum Gasteiger partial charge on any atom is -0.360 e. The molecule has 0 N–H and O–H groups in total. The van der Waals surface area contributed by atoms with Crippen molar-refractivity contribution in [2.45, 2.75) is 32.7 Å². The summed E-state index contributed by atoms with van der Waals surface area (Å²) in [5, 5.41) is 3.98. The summed E-state index contributed by atoms with van der Waals surface area (Å²) in [6.45, 7) is 7.74. The lowest BCUT2D eigenvalue weighted by Crippen LogP contribution is -2.49. The quantitative estimate of drug-likeness (QED) is 0.856. The largest absolute Gasteiger partial charge is 0.360 e. The van der Waals surface area contributed by atoms with Crippen LogP contribution in [0.5, 0.6) is 0 Å². The molecule has 1 fully saturated rings. The molecule has 134 valence electrons. The van der Waals surface area contributed by atoms with Crippen LogP contribution in [0.1, 0.15) is 53.2 Å². The van der Waals surface area contributed by atoms with Crippen LogP contribution in [0.3, 0.4) is 0 Å². The van der Waals surface area contributed by atoms with Gasteiger partial charge in [-0.15, -0.1) is 0 Å². The maximum absolute atomic E-state index is 13.2. The van der Waals surface area contributed by atoms with E-state index in [-0.39, 0.29) is 23.7 Å². The average Bonchev–Trinajstić information content (AvgIpc) is 2.97. The molecule has 0 radical (unpaired) electrons. The molecular weight excluding hydrogens is 321 g/mol. The van der Waals surface area contributed by atoms with Gasteiger partial charge in [-0.25, -0.2) is 4.39 Å². The zero-order chi connectivity index (χ0) is 18.1. The third-order valence-corrected chi connectivity index (χ3v) is 4.82. The fourth-order valence-corrected chi connectivity index (χ4v) is 3.30. The molecule has 1 aromatic carbocycles. The Labute approximate surface area is 147 Å². The van der Waals surface area contributed by atoms with Gasteiger partial charge in [0.05, 0.1) is 11.7 Å². The Kier molecular flexibility index (Phi) is 4.90. The number of carbonyl (C=O) groups excluding carboxylic acids is 1. The van der Waals surface area contributed by atoms with Crippen LogP contribution in [0.25, 0.3) is 0 Å². The minimum atomic E-state index is -0.253. The molecule has 1 atom stereocenters. The SMILES string of the molecule is Cc1noc(C(C)C)c1C(=O)N1CCN(C)C(c2ccc(F)cc2)C1. The first-order valence-corrected chi connectivity index (χ1v) is 8.59. The van der Waals surface area contributed by atoms with Gasteiger partial charge in [0.2, 0.25) is 0 Å². The number of hydrogen-bond donors (Lipinski definition) is 0. The first-order valence-electron chi connectivity index (χ1n) is 8.59. The maximum atomic E-state index is 13.2. The van der Waals surface area contributed by atoms with E-state index in [1.54, 1.807) is 19.1 Å². The number of amides is 1. The summed E-state index contributed by atoms with van der Waals surface area (Å²) in [6.07, 6.45) is 0. The summed E-state index contributed by atoms with van der Waals surface area (Å²) >= 11 is 0. The third kappa shape index (κ3) is 3.44. The standard InChI is InChI=1S/C19H24FN3O2/c1-12(2)18-17(13(3)21-25-18)19(24)23-10-9-22(4)16(11-23)14-5-7-15(20)8-6-14/h5-8,12,16H,9-11H2,1-4H3. The number of likely N-dealkylation sites (N-methyl/N-ethyl adjacent to an activating group) is 1.